The highest BCUT2D eigenvalue weighted by Gasteiger charge is 2.22. The summed E-state index contributed by atoms with van der Waals surface area (Å²) in [6.45, 7) is 8.26. The Hall–Kier alpha value is -4.36. The first kappa shape index (κ1) is 22.1. The van der Waals surface area contributed by atoms with Crippen LogP contribution in [0.1, 0.15) is 25.0 Å². The molecule has 0 spiro atoms. The molecule has 5 aromatic carbocycles. The Kier molecular flexibility index (Phi) is 5.54. The van der Waals surface area contributed by atoms with Crippen LogP contribution >= 0.6 is 0 Å². The number of nitrogens with zero attached hydrogens (tertiary/aromatic N) is 1. The van der Waals surface area contributed by atoms with E-state index < -0.39 is 0 Å². The van der Waals surface area contributed by atoms with Crippen molar-refractivity contribution in [3.05, 3.63) is 144 Å². The smallest absolute Gasteiger partial charge is 0.0543 e. The molecule has 1 aliphatic carbocycles. The van der Waals surface area contributed by atoms with Crippen LogP contribution in [0.25, 0.3) is 32.7 Å². The average molecular weight is 464 g/mol. The fraction of sp³-hybridized carbons (Fsp3) is 0.0857. The van der Waals surface area contributed by atoms with Crippen molar-refractivity contribution in [2.24, 2.45) is 0 Å². The van der Waals surface area contributed by atoms with Gasteiger partial charge in [0, 0.05) is 16.8 Å². The van der Waals surface area contributed by atoms with Crippen LogP contribution in [0.2, 0.25) is 0 Å². The fourth-order valence-corrected chi connectivity index (χ4v) is 5.51. The third-order valence-corrected chi connectivity index (χ3v) is 7.41. The molecule has 0 saturated heterocycles. The minimum absolute atomic E-state index is 0.976. The highest BCUT2D eigenvalue weighted by atomic mass is 15.1. The van der Waals surface area contributed by atoms with Crippen molar-refractivity contribution in [1.29, 1.82) is 0 Å². The zero-order chi connectivity index (χ0) is 24.6. The SMILES string of the molecule is C=C/C=C\C(C)=C(\C)N(c1ccc2c(c1)Cc1ccccc1-2)c1cc2ccccc2c2ccccc12. The van der Waals surface area contributed by atoms with Gasteiger partial charge in [-0.15, -0.1) is 0 Å². The minimum Gasteiger partial charge on any atom is -0.314 e. The minimum atomic E-state index is 0.976. The van der Waals surface area contributed by atoms with Gasteiger partial charge in [-0.3, -0.25) is 0 Å². The molecular weight excluding hydrogens is 434 g/mol. The van der Waals surface area contributed by atoms with Crippen molar-refractivity contribution >= 4 is 32.9 Å². The molecule has 5 aromatic rings. The normalized spacial score (nSPS) is 13.1. The van der Waals surface area contributed by atoms with Gasteiger partial charge in [0.2, 0.25) is 0 Å². The van der Waals surface area contributed by atoms with Gasteiger partial charge >= 0.3 is 0 Å². The highest BCUT2D eigenvalue weighted by Crippen LogP contribution is 2.43. The quantitative estimate of drug-likeness (QED) is 0.182. The van der Waals surface area contributed by atoms with Gasteiger partial charge in [-0.2, -0.15) is 0 Å². The molecular formula is C35H29N. The lowest BCUT2D eigenvalue weighted by Gasteiger charge is -2.29. The molecule has 1 heteroatoms. The third kappa shape index (κ3) is 3.65. The second kappa shape index (κ2) is 9.02. The van der Waals surface area contributed by atoms with Crippen LogP contribution in [0.3, 0.4) is 0 Å². The van der Waals surface area contributed by atoms with E-state index in [2.05, 4.69) is 128 Å². The molecule has 0 N–H and O–H groups in total. The van der Waals surface area contributed by atoms with E-state index >= 15 is 0 Å². The van der Waals surface area contributed by atoms with Gasteiger partial charge in [-0.25, -0.2) is 0 Å². The molecule has 1 aliphatic rings. The van der Waals surface area contributed by atoms with E-state index in [0.717, 1.165) is 6.42 Å². The van der Waals surface area contributed by atoms with Crippen molar-refractivity contribution < 1.29 is 0 Å². The van der Waals surface area contributed by atoms with Crippen molar-refractivity contribution in [3.63, 3.8) is 0 Å². The predicted octanol–water partition coefficient (Wildman–Crippen LogP) is 9.74. The summed E-state index contributed by atoms with van der Waals surface area (Å²) in [7, 11) is 0. The highest BCUT2D eigenvalue weighted by molar-refractivity contribution is 6.14. The average Bonchev–Trinajstić information content (AvgIpc) is 3.29. The zero-order valence-corrected chi connectivity index (χ0v) is 20.8. The molecule has 0 bridgehead atoms. The van der Waals surface area contributed by atoms with E-state index in [1.165, 1.54) is 66.4 Å². The molecule has 0 radical (unpaired) electrons. The number of anilines is 2. The van der Waals surface area contributed by atoms with Crippen molar-refractivity contribution in [1.82, 2.24) is 0 Å². The Morgan fingerprint density at radius 1 is 0.722 bits per heavy atom. The van der Waals surface area contributed by atoms with Gasteiger partial charge in [0.05, 0.1) is 5.69 Å². The monoisotopic (exact) mass is 463 g/mol. The van der Waals surface area contributed by atoms with Crippen molar-refractivity contribution in [2.75, 3.05) is 4.90 Å². The number of hydrogen-bond acceptors (Lipinski definition) is 1. The van der Waals surface area contributed by atoms with Crippen LogP contribution in [0, 0.1) is 0 Å². The maximum Gasteiger partial charge on any atom is 0.0543 e. The van der Waals surface area contributed by atoms with Gasteiger partial charge in [0.25, 0.3) is 0 Å². The molecule has 0 unspecified atom stereocenters. The number of fused-ring (bicyclic) bond motifs is 6. The van der Waals surface area contributed by atoms with Crippen molar-refractivity contribution in [3.8, 4) is 11.1 Å². The number of hydrogen-bond donors (Lipinski definition) is 0. The second-order valence-electron chi connectivity index (χ2n) is 9.54. The lowest BCUT2D eigenvalue weighted by atomic mass is 9.98. The molecule has 0 atom stereocenters. The fourth-order valence-electron chi connectivity index (χ4n) is 5.51. The molecule has 0 saturated carbocycles. The van der Waals surface area contributed by atoms with E-state index in [1.807, 2.05) is 12.2 Å². The summed E-state index contributed by atoms with van der Waals surface area (Å²) in [6.07, 6.45) is 6.96. The van der Waals surface area contributed by atoms with Gasteiger partial charge in [-0.1, -0.05) is 104 Å². The summed E-state index contributed by atoms with van der Waals surface area (Å²) in [5, 5.41) is 5.05. The molecule has 0 aliphatic heterocycles. The van der Waals surface area contributed by atoms with Crippen LogP contribution in [0.15, 0.2) is 133 Å². The van der Waals surface area contributed by atoms with Crippen LogP contribution in [-0.2, 0) is 6.42 Å². The molecule has 0 heterocycles. The van der Waals surface area contributed by atoms with E-state index in [4.69, 9.17) is 0 Å². The zero-order valence-electron chi connectivity index (χ0n) is 20.8. The van der Waals surface area contributed by atoms with E-state index in [0.29, 0.717) is 0 Å². The molecule has 0 aromatic heterocycles. The Bertz CT molecular complexity index is 1700. The maximum atomic E-state index is 3.86. The number of benzene rings is 5. The summed E-state index contributed by atoms with van der Waals surface area (Å²) in [4.78, 5) is 2.43. The summed E-state index contributed by atoms with van der Waals surface area (Å²) < 4.78 is 0. The first-order chi connectivity index (χ1) is 17.7. The molecule has 0 fully saturated rings. The molecule has 6 rings (SSSR count). The van der Waals surface area contributed by atoms with E-state index in [9.17, 15) is 0 Å². The number of allylic oxidation sites excluding steroid dienone is 5. The van der Waals surface area contributed by atoms with E-state index in [1.54, 1.807) is 0 Å². The third-order valence-electron chi connectivity index (χ3n) is 7.41. The Balaban J connectivity index is 1.61. The van der Waals surface area contributed by atoms with Gasteiger partial charge in [-0.05, 0) is 82.5 Å². The summed E-state index contributed by atoms with van der Waals surface area (Å²) in [5.74, 6) is 0. The van der Waals surface area contributed by atoms with Crippen LogP contribution < -0.4 is 4.90 Å². The second-order valence-corrected chi connectivity index (χ2v) is 9.54. The number of rotatable bonds is 5. The first-order valence-corrected chi connectivity index (χ1v) is 12.5. The van der Waals surface area contributed by atoms with Crippen LogP contribution in [0.4, 0.5) is 11.4 Å². The Morgan fingerprint density at radius 3 is 2.25 bits per heavy atom. The van der Waals surface area contributed by atoms with Crippen LogP contribution in [-0.4, -0.2) is 0 Å². The molecule has 1 nitrogen and oxygen atoms in total. The summed E-state index contributed by atoms with van der Waals surface area (Å²) >= 11 is 0. The predicted molar refractivity (Wildman–Crippen MR) is 156 cm³/mol. The van der Waals surface area contributed by atoms with Crippen LogP contribution in [0.5, 0.6) is 0 Å². The maximum absolute atomic E-state index is 3.86. The van der Waals surface area contributed by atoms with Gasteiger partial charge in [0.1, 0.15) is 0 Å². The standard InChI is InChI=1S/C35H29N/c1-4-5-12-24(2)25(3)36(29-19-20-32-28(22-29)21-26-13-6-8-15-30(26)32)35-23-27-14-7-9-16-31(27)33-17-10-11-18-34(33)35/h4-20,22-23H,1,21H2,2-3H3/b12-5-,25-24-. The van der Waals surface area contributed by atoms with E-state index in [-0.39, 0.29) is 0 Å². The van der Waals surface area contributed by atoms with Gasteiger partial charge < -0.3 is 4.90 Å². The lowest BCUT2D eigenvalue weighted by molar-refractivity contribution is 1.12. The topological polar surface area (TPSA) is 3.24 Å². The van der Waals surface area contributed by atoms with Gasteiger partial charge in [0.15, 0.2) is 0 Å². The Morgan fingerprint density at radius 2 is 1.42 bits per heavy atom. The summed E-state index contributed by atoms with van der Waals surface area (Å²) in [5.41, 5.74) is 10.3. The largest absolute Gasteiger partial charge is 0.314 e. The molecule has 174 valence electrons. The Labute approximate surface area is 213 Å². The van der Waals surface area contributed by atoms with Crippen molar-refractivity contribution in [2.45, 2.75) is 20.3 Å². The lowest BCUT2D eigenvalue weighted by Crippen LogP contribution is -2.16. The molecule has 0 amide bonds. The first-order valence-electron chi connectivity index (χ1n) is 12.5. The molecule has 36 heavy (non-hydrogen) atoms. The summed E-state index contributed by atoms with van der Waals surface area (Å²) in [6, 6.07) is 35.5.